The van der Waals surface area contributed by atoms with Crippen molar-refractivity contribution in [1.82, 2.24) is 4.68 Å². The quantitative estimate of drug-likeness (QED) is 0.554. The Balaban J connectivity index is 2.38. The molecule has 2 heteroatoms. The van der Waals surface area contributed by atoms with Crippen LogP contribution in [0.15, 0.2) is 48.7 Å². The molecule has 0 radical (unpaired) electrons. The van der Waals surface area contributed by atoms with Crippen molar-refractivity contribution in [3.63, 3.8) is 0 Å². The first-order valence-corrected chi connectivity index (χ1v) is 8.98. The number of nitrogens with zero attached hydrogens (tertiary/aromatic N) is 2. The summed E-state index contributed by atoms with van der Waals surface area (Å²) in [4.78, 5) is 0. The molecular formula is C23H29N2+. The van der Waals surface area contributed by atoms with E-state index in [9.17, 15) is 0 Å². The van der Waals surface area contributed by atoms with Crippen LogP contribution in [0.4, 0.5) is 0 Å². The van der Waals surface area contributed by atoms with Gasteiger partial charge < -0.3 is 0 Å². The number of para-hydroxylation sites is 1. The lowest BCUT2D eigenvalue weighted by Crippen LogP contribution is -2.55. The van der Waals surface area contributed by atoms with Crippen molar-refractivity contribution in [3.05, 3.63) is 70.9 Å². The zero-order valence-electron chi connectivity index (χ0n) is 16.5. The molecule has 0 unspecified atom stereocenters. The van der Waals surface area contributed by atoms with E-state index in [-0.39, 0.29) is 5.54 Å². The second kappa shape index (κ2) is 6.18. The molecule has 1 heterocycles. The Kier molecular flexibility index (Phi) is 4.32. The van der Waals surface area contributed by atoms with Crippen molar-refractivity contribution in [2.75, 3.05) is 0 Å². The maximum Gasteiger partial charge on any atom is 0.197 e. The summed E-state index contributed by atoms with van der Waals surface area (Å²) in [6, 6.07) is 15.4. The number of hydrogen-bond acceptors (Lipinski definition) is 0. The van der Waals surface area contributed by atoms with Crippen molar-refractivity contribution in [3.8, 4) is 16.9 Å². The molecule has 25 heavy (non-hydrogen) atoms. The zero-order valence-corrected chi connectivity index (χ0v) is 16.5. The Bertz CT molecular complexity index is 901. The monoisotopic (exact) mass is 333 g/mol. The van der Waals surface area contributed by atoms with Crippen LogP contribution in [-0.4, -0.2) is 4.68 Å². The fraction of sp³-hybridized carbons (Fsp3) is 0.348. The van der Waals surface area contributed by atoms with Crippen molar-refractivity contribution in [1.29, 1.82) is 0 Å². The molecular weight excluding hydrogens is 304 g/mol. The average molecular weight is 333 g/mol. The summed E-state index contributed by atoms with van der Waals surface area (Å²) in [5.41, 5.74) is 9.05. The van der Waals surface area contributed by atoms with Gasteiger partial charge in [-0.2, -0.15) is 0 Å². The molecule has 0 spiro atoms. The maximum atomic E-state index is 2.38. The lowest BCUT2D eigenvalue weighted by atomic mass is 9.97. The van der Waals surface area contributed by atoms with Gasteiger partial charge in [0.25, 0.3) is 0 Å². The molecule has 0 atom stereocenters. The first kappa shape index (κ1) is 17.5. The number of aromatic nitrogens is 2. The van der Waals surface area contributed by atoms with E-state index in [1.54, 1.807) is 0 Å². The van der Waals surface area contributed by atoms with Crippen LogP contribution in [0.25, 0.3) is 16.9 Å². The molecule has 3 rings (SSSR count). The molecule has 0 amide bonds. The minimum Gasteiger partial charge on any atom is -0.120 e. The fourth-order valence-corrected chi connectivity index (χ4v) is 3.74. The van der Waals surface area contributed by atoms with Crippen LogP contribution in [0.1, 0.15) is 43.0 Å². The normalized spacial score (nSPS) is 11.8. The Labute approximate surface area is 151 Å². The molecule has 3 aromatic rings. The van der Waals surface area contributed by atoms with Gasteiger partial charge in [-0.05, 0) is 50.5 Å². The highest BCUT2D eigenvalue weighted by molar-refractivity contribution is 5.69. The Morgan fingerprint density at radius 3 is 1.96 bits per heavy atom. The van der Waals surface area contributed by atoms with Gasteiger partial charge in [0, 0.05) is 32.4 Å². The van der Waals surface area contributed by atoms with Gasteiger partial charge in [-0.25, -0.2) is 0 Å². The third-order valence-electron chi connectivity index (χ3n) is 4.78. The smallest absolute Gasteiger partial charge is 0.120 e. The summed E-state index contributed by atoms with van der Waals surface area (Å²) in [5.74, 6) is 0. The van der Waals surface area contributed by atoms with E-state index in [0.29, 0.717) is 0 Å². The van der Waals surface area contributed by atoms with E-state index in [4.69, 9.17) is 0 Å². The molecule has 0 N–H and O–H groups in total. The summed E-state index contributed by atoms with van der Waals surface area (Å²) in [6.45, 7) is 15.5. The van der Waals surface area contributed by atoms with Gasteiger partial charge in [0.1, 0.15) is 11.4 Å². The molecule has 2 aromatic carbocycles. The number of benzene rings is 2. The van der Waals surface area contributed by atoms with Crippen LogP contribution >= 0.6 is 0 Å². The van der Waals surface area contributed by atoms with Crippen molar-refractivity contribution in [2.24, 2.45) is 0 Å². The van der Waals surface area contributed by atoms with Crippen LogP contribution in [0.2, 0.25) is 0 Å². The Morgan fingerprint density at radius 1 is 0.800 bits per heavy atom. The summed E-state index contributed by atoms with van der Waals surface area (Å²) in [7, 11) is 0. The van der Waals surface area contributed by atoms with Crippen molar-refractivity contribution < 1.29 is 4.68 Å². The van der Waals surface area contributed by atoms with E-state index in [1.807, 2.05) is 0 Å². The number of aryl methyl sites for hydroxylation is 4. The van der Waals surface area contributed by atoms with E-state index in [1.165, 1.54) is 39.2 Å². The predicted octanol–water partition coefficient (Wildman–Crippen LogP) is 5.42. The molecule has 0 fully saturated rings. The van der Waals surface area contributed by atoms with Gasteiger partial charge >= 0.3 is 0 Å². The lowest BCUT2D eigenvalue weighted by molar-refractivity contribution is -0.816. The molecule has 130 valence electrons. The Hall–Kier alpha value is -2.35. The SMILES string of the molecule is Cc1cc(C)c(-c2cc[n+](C(C)(C)C)n2-c2ccccc2C)c(C)c1. The molecule has 2 nitrogen and oxygen atoms in total. The van der Waals surface area contributed by atoms with Gasteiger partial charge in [0.05, 0.1) is 0 Å². The van der Waals surface area contributed by atoms with Crippen molar-refractivity contribution in [2.45, 2.75) is 54.0 Å². The second-order valence-electron chi connectivity index (χ2n) is 8.09. The minimum absolute atomic E-state index is 0.00691. The van der Waals surface area contributed by atoms with Gasteiger partial charge in [-0.15, -0.1) is 9.36 Å². The Morgan fingerprint density at radius 2 is 1.40 bits per heavy atom. The van der Waals surface area contributed by atoms with Crippen LogP contribution in [-0.2, 0) is 5.54 Å². The van der Waals surface area contributed by atoms with Crippen LogP contribution < -0.4 is 4.68 Å². The summed E-state index contributed by atoms with van der Waals surface area (Å²) in [6.07, 6.45) is 2.21. The molecule has 1 aromatic heterocycles. The zero-order chi connectivity index (χ0) is 18.4. The maximum absolute atomic E-state index is 2.38. The second-order valence-corrected chi connectivity index (χ2v) is 8.09. The largest absolute Gasteiger partial charge is 0.197 e. The van der Waals surface area contributed by atoms with Gasteiger partial charge in [0.2, 0.25) is 0 Å². The first-order valence-electron chi connectivity index (χ1n) is 8.98. The van der Waals surface area contributed by atoms with E-state index in [0.717, 1.165) is 0 Å². The minimum atomic E-state index is -0.00691. The van der Waals surface area contributed by atoms with Crippen LogP contribution in [0.5, 0.6) is 0 Å². The molecule has 0 bridgehead atoms. The van der Waals surface area contributed by atoms with Gasteiger partial charge in [-0.1, -0.05) is 35.9 Å². The van der Waals surface area contributed by atoms with E-state index < -0.39 is 0 Å². The number of hydrogen-bond donors (Lipinski definition) is 0. The highest BCUT2D eigenvalue weighted by Crippen LogP contribution is 2.31. The summed E-state index contributed by atoms with van der Waals surface area (Å²) >= 11 is 0. The van der Waals surface area contributed by atoms with E-state index >= 15 is 0 Å². The van der Waals surface area contributed by atoms with Crippen molar-refractivity contribution >= 4 is 0 Å². The third kappa shape index (κ3) is 3.13. The topological polar surface area (TPSA) is 8.81 Å². The summed E-state index contributed by atoms with van der Waals surface area (Å²) < 4.78 is 4.71. The highest BCUT2D eigenvalue weighted by Gasteiger charge is 2.30. The van der Waals surface area contributed by atoms with Gasteiger partial charge in [0.15, 0.2) is 11.7 Å². The predicted molar refractivity (Wildman–Crippen MR) is 105 cm³/mol. The summed E-state index contributed by atoms with van der Waals surface area (Å²) in [5, 5.41) is 0. The van der Waals surface area contributed by atoms with Gasteiger partial charge in [-0.3, -0.25) is 0 Å². The number of rotatable bonds is 2. The standard InChI is InChI=1S/C23H29N2/c1-16-14-18(3)22(19(4)15-16)21-12-13-24(23(5,6)7)25(21)20-11-9-8-10-17(20)2/h8-15H,1-7H3/q+1. The lowest BCUT2D eigenvalue weighted by Gasteiger charge is -2.19. The molecule has 0 aliphatic carbocycles. The average Bonchev–Trinajstić information content (AvgIpc) is 2.91. The van der Waals surface area contributed by atoms with Crippen LogP contribution in [0, 0.1) is 27.7 Å². The molecule has 0 aliphatic rings. The fourth-order valence-electron chi connectivity index (χ4n) is 3.74. The molecule has 0 saturated heterocycles. The molecule has 0 aliphatic heterocycles. The third-order valence-corrected chi connectivity index (χ3v) is 4.78. The van der Waals surface area contributed by atoms with Crippen LogP contribution in [0.3, 0.4) is 0 Å². The molecule has 0 saturated carbocycles. The van der Waals surface area contributed by atoms with E-state index in [2.05, 4.69) is 106 Å². The highest BCUT2D eigenvalue weighted by atomic mass is 15.4. The first-order chi connectivity index (χ1) is 11.7.